The van der Waals surface area contributed by atoms with Crippen LogP contribution >= 0.6 is 11.6 Å². The van der Waals surface area contributed by atoms with Crippen molar-refractivity contribution in [2.24, 2.45) is 10.9 Å². The topological polar surface area (TPSA) is 83.0 Å². The second-order valence-electron chi connectivity index (χ2n) is 6.51. The van der Waals surface area contributed by atoms with Gasteiger partial charge in [-0.15, -0.1) is 0 Å². The highest BCUT2D eigenvalue weighted by atomic mass is 35.5. The van der Waals surface area contributed by atoms with Gasteiger partial charge in [-0.3, -0.25) is 14.6 Å². The van der Waals surface area contributed by atoms with Crippen molar-refractivity contribution in [3.63, 3.8) is 0 Å². The number of benzene rings is 1. The van der Waals surface area contributed by atoms with Crippen molar-refractivity contribution in [3.8, 4) is 0 Å². The lowest BCUT2D eigenvalue weighted by Gasteiger charge is -2.33. The maximum Gasteiger partial charge on any atom is 0.309 e. The van der Waals surface area contributed by atoms with Gasteiger partial charge in [-0.05, 0) is 51.0 Å². The average molecular weight is 409 g/mol. The number of likely N-dealkylation sites (tertiary alicyclic amines) is 1. The molecule has 0 aromatic heterocycles. The number of halogens is 1. The van der Waals surface area contributed by atoms with Gasteiger partial charge in [0, 0.05) is 36.8 Å². The summed E-state index contributed by atoms with van der Waals surface area (Å²) in [6, 6.07) is 6.77. The van der Waals surface area contributed by atoms with Gasteiger partial charge in [-0.1, -0.05) is 11.6 Å². The fourth-order valence-electron chi connectivity index (χ4n) is 3.05. The van der Waals surface area contributed by atoms with E-state index in [9.17, 15) is 9.59 Å². The number of esters is 1. The molecule has 1 aromatic rings. The molecule has 7 nitrogen and oxygen atoms in total. The van der Waals surface area contributed by atoms with Crippen LogP contribution in [0.25, 0.3) is 0 Å². The molecule has 0 saturated carbocycles. The minimum Gasteiger partial charge on any atom is -0.466 e. The first-order valence-electron chi connectivity index (χ1n) is 9.78. The molecule has 1 heterocycles. The monoisotopic (exact) mass is 408 g/mol. The van der Waals surface area contributed by atoms with E-state index < -0.39 is 0 Å². The van der Waals surface area contributed by atoms with Crippen molar-refractivity contribution < 1.29 is 14.3 Å². The quantitative estimate of drug-likeness (QED) is 0.313. The normalized spacial score (nSPS) is 15.2. The predicted octanol–water partition coefficient (Wildman–Crippen LogP) is 2.31. The summed E-state index contributed by atoms with van der Waals surface area (Å²) in [5, 5.41) is 6.74. The molecule has 2 N–H and O–H groups in total. The molecule has 1 aliphatic rings. The van der Waals surface area contributed by atoms with Crippen LogP contribution in [0.2, 0.25) is 5.02 Å². The van der Waals surface area contributed by atoms with Crippen molar-refractivity contribution in [3.05, 3.63) is 34.9 Å². The highest BCUT2D eigenvalue weighted by Gasteiger charge is 2.27. The summed E-state index contributed by atoms with van der Waals surface area (Å²) in [6.45, 7) is 7.45. The van der Waals surface area contributed by atoms with Crippen molar-refractivity contribution in [1.29, 1.82) is 0 Å². The molecule has 1 amide bonds. The highest BCUT2D eigenvalue weighted by Crippen LogP contribution is 2.18. The van der Waals surface area contributed by atoms with Crippen LogP contribution in [0.3, 0.4) is 0 Å². The molecule has 1 saturated heterocycles. The minimum atomic E-state index is -0.146. The maximum atomic E-state index is 12.1. The van der Waals surface area contributed by atoms with Crippen molar-refractivity contribution >= 4 is 29.4 Å². The summed E-state index contributed by atoms with van der Waals surface area (Å²) in [5.74, 6) is 0.532. The minimum absolute atomic E-state index is 0.0299. The van der Waals surface area contributed by atoms with Gasteiger partial charge in [0.15, 0.2) is 5.96 Å². The summed E-state index contributed by atoms with van der Waals surface area (Å²) < 4.78 is 5.12. The first-order chi connectivity index (χ1) is 13.5. The Labute approximate surface area is 171 Å². The van der Waals surface area contributed by atoms with Crippen LogP contribution in [-0.2, 0) is 9.53 Å². The number of nitrogens with one attached hydrogen (secondary N) is 2. The van der Waals surface area contributed by atoms with E-state index in [1.54, 1.807) is 24.3 Å². The second-order valence-corrected chi connectivity index (χ2v) is 6.95. The molecule has 0 radical (unpaired) electrons. The number of aliphatic imine (C=N–C) groups is 1. The largest absolute Gasteiger partial charge is 0.466 e. The van der Waals surface area contributed by atoms with E-state index >= 15 is 0 Å². The molecular formula is C20H29ClN4O3. The first kappa shape index (κ1) is 22.0. The standard InChI is InChI=1S/C20H29ClN4O3/c1-3-22-20(25-13-9-16(10-14-25)19(27)28-4-2)24-12-11-23-18(26)15-5-7-17(21)8-6-15/h5-8,16H,3-4,9-14H2,1-2H3,(H,22,24)(H,23,26). The van der Waals surface area contributed by atoms with Crippen LogP contribution in [0.5, 0.6) is 0 Å². The summed E-state index contributed by atoms with van der Waals surface area (Å²) in [7, 11) is 0. The van der Waals surface area contributed by atoms with E-state index in [4.69, 9.17) is 16.3 Å². The second kappa shape index (κ2) is 11.5. The molecule has 1 aromatic carbocycles. The maximum absolute atomic E-state index is 12.1. The molecule has 0 unspecified atom stereocenters. The van der Waals surface area contributed by atoms with Gasteiger partial charge in [-0.25, -0.2) is 0 Å². The summed E-state index contributed by atoms with van der Waals surface area (Å²) in [4.78, 5) is 30.7. The number of rotatable bonds is 7. The molecular weight excluding hydrogens is 380 g/mol. The Morgan fingerprint density at radius 1 is 1.18 bits per heavy atom. The molecule has 1 fully saturated rings. The van der Waals surface area contributed by atoms with Crippen LogP contribution in [0.4, 0.5) is 0 Å². The van der Waals surface area contributed by atoms with Crippen LogP contribution < -0.4 is 10.6 Å². The third kappa shape index (κ3) is 6.71. The fourth-order valence-corrected chi connectivity index (χ4v) is 3.17. The predicted molar refractivity (Wildman–Crippen MR) is 111 cm³/mol. The summed E-state index contributed by atoms with van der Waals surface area (Å²) >= 11 is 5.84. The van der Waals surface area contributed by atoms with Crippen LogP contribution in [0.1, 0.15) is 37.0 Å². The number of guanidine groups is 1. The van der Waals surface area contributed by atoms with Gasteiger partial charge in [0.2, 0.25) is 0 Å². The van der Waals surface area contributed by atoms with E-state index in [1.807, 2.05) is 13.8 Å². The van der Waals surface area contributed by atoms with E-state index in [2.05, 4.69) is 20.5 Å². The third-order valence-corrected chi connectivity index (χ3v) is 4.77. The number of hydrogen-bond donors (Lipinski definition) is 2. The lowest BCUT2D eigenvalue weighted by molar-refractivity contribution is -0.149. The van der Waals surface area contributed by atoms with Crippen LogP contribution in [0, 0.1) is 5.92 Å². The number of hydrogen-bond acceptors (Lipinski definition) is 4. The Balaban J connectivity index is 1.81. The van der Waals surface area contributed by atoms with Crippen molar-refractivity contribution in [1.82, 2.24) is 15.5 Å². The molecule has 0 spiro atoms. The molecule has 0 aliphatic carbocycles. The zero-order valence-electron chi connectivity index (χ0n) is 16.5. The molecule has 28 heavy (non-hydrogen) atoms. The highest BCUT2D eigenvalue weighted by molar-refractivity contribution is 6.30. The van der Waals surface area contributed by atoms with Gasteiger partial charge in [0.25, 0.3) is 5.91 Å². The van der Waals surface area contributed by atoms with Crippen molar-refractivity contribution in [2.45, 2.75) is 26.7 Å². The molecule has 8 heteroatoms. The number of nitrogens with zero attached hydrogens (tertiary/aromatic N) is 2. The number of carbonyl (C=O) groups is 2. The average Bonchev–Trinajstić information content (AvgIpc) is 2.71. The third-order valence-electron chi connectivity index (χ3n) is 4.51. The Morgan fingerprint density at radius 3 is 2.46 bits per heavy atom. The van der Waals surface area contributed by atoms with E-state index in [1.165, 1.54) is 0 Å². The molecule has 2 rings (SSSR count). The molecule has 1 aliphatic heterocycles. The lowest BCUT2D eigenvalue weighted by Crippen LogP contribution is -2.47. The van der Waals surface area contributed by atoms with Crippen LogP contribution in [-0.4, -0.2) is 62.1 Å². The molecule has 0 atom stereocenters. The van der Waals surface area contributed by atoms with E-state index in [0.29, 0.717) is 30.3 Å². The first-order valence-corrected chi connectivity index (χ1v) is 10.2. The number of carbonyl (C=O) groups excluding carboxylic acids is 2. The van der Waals surface area contributed by atoms with Gasteiger partial charge >= 0.3 is 5.97 Å². The van der Waals surface area contributed by atoms with Crippen molar-refractivity contribution in [2.75, 3.05) is 39.3 Å². The number of piperidine rings is 1. The Kier molecular flexibility index (Phi) is 9.07. The number of ether oxygens (including phenoxy) is 1. The zero-order valence-corrected chi connectivity index (χ0v) is 17.3. The Hall–Kier alpha value is -2.28. The van der Waals surface area contributed by atoms with E-state index in [0.717, 1.165) is 38.4 Å². The smallest absolute Gasteiger partial charge is 0.309 e. The molecule has 0 bridgehead atoms. The van der Waals surface area contributed by atoms with Gasteiger partial charge in [0.05, 0.1) is 19.1 Å². The zero-order chi connectivity index (χ0) is 20.4. The lowest BCUT2D eigenvalue weighted by atomic mass is 9.97. The fraction of sp³-hybridized carbons (Fsp3) is 0.550. The van der Waals surface area contributed by atoms with Crippen LogP contribution in [0.15, 0.2) is 29.3 Å². The molecule has 154 valence electrons. The Morgan fingerprint density at radius 2 is 1.86 bits per heavy atom. The Bertz CT molecular complexity index is 671. The summed E-state index contributed by atoms with van der Waals surface area (Å²) in [5.41, 5.74) is 0.571. The van der Waals surface area contributed by atoms with Gasteiger partial charge in [-0.2, -0.15) is 0 Å². The SMILES string of the molecule is CCNC(=NCCNC(=O)c1ccc(Cl)cc1)N1CCC(C(=O)OCC)CC1. The van der Waals surface area contributed by atoms with Gasteiger partial charge < -0.3 is 20.3 Å². The summed E-state index contributed by atoms with van der Waals surface area (Å²) in [6.07, 6.45) is 1.52. The number of amides is 1. The van der Waals surface area contributed by atoms with E-state index in [-0.39, 0.29) is 17.8 Å². The van der Waals surface area contributed by atoms with Gasteiger partial charge in [0.1, 0.15) is 0 Å².